The van der Waals surface area contributed by atoms with Gasteiger partial charge in [-0.3, -0.25) is 10.3 Å². The molecule has 104 valence electrons. The van der Waals surface area contributed by atoms with Gasteiger partial charge in [0.25, 0.3) is 0 Å². The Morgan fingerprint density at radius 2 is 2.05 bits per heavy atom. The van der Waals surface area contributed by atoms with Gasteiger partial charge < -0.3 is 10.8 Å². The highest BCUT2D eigenvalue weighted by molar-refractivity contribution is 5.77. The summed E-state index contributed by atoms with van der Waals surface area (Å²) in [7, 11) is 2.07. The fraction of sp³-hybridized carbons (Fsp3) is 0.533. The molecule has 19 heavy (non-hydrogen) atoms. The standard InChI is InChI=1S/C15H23N3O/c1-18(10-11-7-13(19)8-11)14(9-15(16)17)12-5-3-2-4-6-12/h2-6,11,13-14,19H,7-10H2,1H3,(H3,16,17). The molecule has 1 aliphatic carbocycles. The summed E-state index contributed by atoms with van der Waals surface area (Å²) in [5.74, 6) is 0.785. The quantitative estimate of drug-likeness (QED) is 0.539. The van der Waals surface area contributed by atoms with E-state index >= 15 is 0 Å². The maximum Gasteiger partial charge on any atom is 0.0924 e. The molecule has 0 aliphatic heterocycles. The molecule has 0 aromatic heterocycles. The maximum atomic E-state index is 9.36. The van der Waals surface area contributed by atoms with Crippen LogP contribution in [-0.4, -0.2) is 35.5 Å². The summed E-state index contributed by atoms with van der Waals surface area (Å²) < 4.78 is 0. The minimum Gasteiger partial charge on any atom is -0.393 e. The van der Waals surface area contributed by atoms with Crippen LogP contribution in [0.2, 0.25) is 0 Å². The van der Waals surface area contributed by atoms with Crippen LogP contribution in [0.3, 0.4) is 0 Å². The van der Waals surface area contributed by atoms with Gasteiger partial charge in [-0.05, 0) is 31.4 Å². The van der Waals surface area contributed by atoms with Gasteiger partial charge in [0.1, 0.15) is 0 Å². The van der Waals surface area contributed by atoms with Gasteiger partial charge in [0.05, 0.1) is 11.9 Å². The van der Waals surface area contributed by atoms with Crippen molar-refractivity contribution in [1.82, 2.24) is 4.90 Å². The second-order valence-corrected chi connectivity index (χ2v) is 5.59. The Hall–Kier alpha value is -1.39. The lowest BCUT2D eigenvalue weighted by atomic mass is 9.82. The first kappa shape index (κ1) is 14.0. The Labute approximate surface area is 114 Å². The average molecular weight is 261 g/mol. The molecule has 4 heteroatoms. The summed E-state index contributed by atoms with van der Waals surface area (Å²) in [6, 6.07) is 10.3. The highest BCUT2D eigenvalue weighted by Gasteiger charge is 2.30. The Morgan fingerprint density at radius 1 is 1.42 bits per heavy atom. The van der Waals surface area contributed by atoms with Gasteiger partial charge in [0.2, 0.25) is 0 Å². The smallest absolute Gasteiger partial charge is 0.0924 e. The summed E-state index contributed by atoms with van der Waals surface area (Å²) in [4.78, 5) is 2.26. The van der Waals surface area contributed by atoms with E-state index in [4.69, 9.17) is 11.1 Å². The van der Waals surface area contributed by atoms with Crippen LogP contribution in [0.1, 0.15) is 30.9 Å². The molecule has 4 N–H and O–H groups in total. The molecule has 0 heterocycles. The molecule has 1 aliphatic rings. The van der Waals surface area contributed by atoms with Crippen molar-refractivity contribution in [1.29, 1.82) is 5.41 Å². The van der Waals surface area contributed by atoms with Crippen LogP contribution in [-0.2, 0) is 0 Å². The second kappa shape index (κ2) is 6.17. The molecule has 4 nitrogen and oxygen atoms in total. The Morgan fingerprint density at radius 3 is 2.58 bits per heavy atom. The van der Waals surface area contributed by atoms with Crippen LogP contribution < -0.4 is 5.73 Å². The third kappa shape index (κ3) is 3.78. The topological polar surface area (TPSA) is 73.3 Å². The molecule has 0 radical (unpaired) electrons. The Kier molecular flexibility index (Phi) is 4.56. The number of hydrogen-bond acceptors (Lipinski definition) is 3. The van der Waals surface area contributed by atoms with E-state index in [1.54, 1.807) is 0 Å². The fourth-order valence-electron chi connectivity index (χ4n) is 2.80. The number of nitrogens with zero attached hydrogens (tertiary/aromatic N) is 1. The number of aliphatic hydroxyl groups excluding tert-OH is 1. The molecule has 1 aromatic rings. The van der Waals surface area contributed by atoms with E-state index in [0.717, 1.165) is 19.4 Å². The molecule has 0 spiro atoms. The van der Waals surface area contributed by atoms with Crippen LogP contribution in [0.4, 0.5) is 0 Å². The summed E-state index contributed by atoms with van der Waals surface area (Å²) in [6.45, 7) is 0.948. The van der Waals surface area contributed by atoms with Gasteiger partial charge >= 0.3 is 0 Å². The van der Waals surface area contributed by atoms with Crippen LogP contribution in [0.5, 0.6) is 0 Å². The first-order valence-corrected chi connectivity index (χ1v) is 6.82. The number of nitrogens with two attached hydrogens (primary N) is 1. The van der Waals surface area contributed by atoms with E-state index in [9.17, 15) is 5.11 Å². The number of benzene rings is 1. The zero-order valence-electron chi connectivity index (χ0n) is 11.4. The van der Waals surface area contributed by atoms with Crippen molar-refractivity contribution < 1.29 is 5.11 Å². The van der Waals surface area contributed by atoms with Crippen LogP contribution in [0.25, 0.3) is 0 Å². The molecular formula is C15H23N3O. The molecule has 1 atom stereocenters. The van der Waals surface area contributed by atoms with Crippen molar-refractivity contribution in [3.8, 4) is 0 Å². The first-order valence-electron chi connectivity index (χ1n) is 6.82. The normalized spacial score (nSPS) is 23.9. The molecule has 0 saturated heterocycles. The lowest BCUT2D eigenvalue weighted by Gasteiger charge is -2.37. The zero-order valence-corrected chi connectivity index (χ0v) is 11.4. The molecule has 1 saturated carbocycles. The minimum atomic E-state index is -0.110. The average Bonchev–Trinajstić information content (AvgIpc) is 2.35. The predicted molar refractivity (Wildman–Crippen MR) is 77.1 cm³/mol. The molecule has 1 unspecified atom stereocenters. The van der Waals surface area contributed by atoms with E-state index in [1.807, 2.05) is 18.2 Å². The number of nitrogens with one attached hydrogen (secondary N) is 1. The highest BCUT2D eigenvalue weighted by Crippen LogP contribution is 2.31. The highest BCUT2D eigenvalue weighted by atomic mass is 16.3. The van der Waals surface area contributed by atoms with E-state index in [0.29, 0.717) is 12.3 Å². The molecule has 2 rings (SSSR count). The first-order chi connectivity index (χ1) is 9.06. The van der Waals surface area contributed by atoms with Crippen molar-refractivity contribution in [2.75, 3.05) is 13.6 Å². The van der Waals surface area contributed by atoms with Crippen molar-refractivity contribution in [3.63, 3.8) is 0 Å². The summed E-state index contributed by atoms with van der Waals surface area (Å²) >= 11 is 0. The number of rotatable bonds is 6. The van der Waals surface area contributed by atoms with Gasteiger partial charge in [-0.1, -0.05) is 30.3 Å². The van der Waals surface area contributed by atoms with Crippen LogP contribution in [0.15, 0.2) is 30.3 Å². The van der Waals surface area contributed by atoms with Crippen molar-refractivity contribution >= 4 is 5.84 Å². The third-order valence-corrected chi connectivity index (χ3v) is 3.89. The number of hydrogen-bond donors (Lipinski definition) is 3. The van der Waals surface area contributed by atoms with Gasteiger partial charge in [0, 0.05) is 19.0 Å². The zero-order chi connectivity index (χ0) is 13.8. The van der Waals surface area contributed by atoms with Crippen molar-refractivity contribution in [2.24, 2.45) is 11.7 Å². The van der Waals surface area contributed by atoms with E-state index in [2.05, 4.69) is 24.1 Å². The molecule has 0 bridgehead atoms. The lowest BCUT2D eigenvalue weighted by molar-refractivity contribution is 0.0222. The summed E-state index contributed by atoms with van der Waals surface area (Å²) in [5, 5.41) is 16.9. The fourth-order valence-corrected chi connectivity index (χ4v) is 2.80. The molecular weight excluding hydrogens is 238 g/mol. The van der Waals surface area contributed by atoms with E-state index < -0.39 is 0 Å². The number of aliphatic hydroxyl groups is 1. The Bertz CT molecular complexity index is 415. The van der Waals surface area contributed by atoms with Crippen molar-refractivity contribution in [2.45, 2.75) is 31.4 Å². The largest absolute Gasteiger partial charge is 0.393 e. The second-order valence-electron chi connectivity index (χ2n) is 5.59. The van der Waals surface area contributed by atoms with Crippen molar-refractivity contribution in [3.05, 3.63) is 35.9 Å². The monoisotopic (exact) mass is 261 g/mol. The summed E-state index contributed by atoms with van der Waals surface area (Å²) in [6.07, 6.45) is 2.23. The Balaban J connectivity index is 2.02. The predicted octanol–water partition coefficient (Wildman–Crippen LogP) is 1.76. The third-order valence-electron chi connectivity index (χ3n) is 3.89. The SMILES string of the molecule is CN(CC1CC(O)C1)C(CC(=N)N)c1ccccc1. The van der Waals surface area contributed by atoms with Crippen LogP contribution >= 0.6 is 0 Å². The number of amidine groups is 1. The van der Waals surface area contributed by atoms with Gasteiger partial charge in [-0.2, -0.15) is 0 Å². The molecule has 0 amide bonds. The van der Waals surface area contributed by atoms with Gasteiger partial charge in [-0.15, -0.1) is 0 Å². The van der Waals surface area contributed by atoms with Crippen LogP contribution in [0, 0.1) is 11.3 Å². The lowest BCUT2D eigenvalue weighted by Crippen LogP contribution is -2.39. The van der Waals surface area contributed by atoms with Gasteiger partial charge in [0.15, 0.2) is 0 Å². The van der Waals surface area contributed by atoms with E-state index in [-0.39, 0.29) is 18.0 Å². The maximum absolute atomic E-state index is 9.36. The summed E-state index contributed by atoms with van der Waals surface area (Å²) in [5.41, 5.74) is 6.78. The molecule has 1 fully saturated rings. The van der Waals surface area contributed by atoms with E-state index in [1.165, 1.54) is 5.56 Å². The minimum absolute atomic E-state index is 0.110. The van der Waals surface area contributed by atoms with Gasteiger partial charge in [-0.25, -0.2) is 0 Å². The molecule has 1 aromatic carbocycles.